The van der Waals surface area contributed by atoms with Gasteiger partial charge in [0.15, 0.2) is 11.5 Å². The zero-order valence-corrected chi connectivity index (χ0v) is 8.97. The van der Waals surface area contributed by atoms with Crippen LogP contribution in [0.25, 0.3) is 0 Å². The third-order valence-corrected chi connectivity index (χ3v) is 1.89. The van der Waals surface area contributed by atoms with Gasteiger partial charge in [0, 0.05) is 4.47 Å². The third-order valence-electron chi connectivity index (χ3n) is 1.40. The summed E-state index contributed by atoms with van der Waals surface area (Å²) in [6.45, 7) is 5.99. The van der Waals surface area contributed by atoms with E-state index in [0.717, 1.165) is 10.0 Å². The SMILES string of the molecule is C=C(C)COc1cc(Br)ccc1O. The van der Waals surface area contributed by atoms with Gasteiger partial charge in [-0.2, -0.15) is 0 Å². The molecule has 0 saturated carbocycles. The van der Waals surface area contributed by atoms with Crippen molar-refractivity contribution in [1.29, 1.82) is 0 Å². The quantitative estimate of drug-likeness (QED) is 0.826. The highest BCUT2D eigenvalue weighted by Gasteiger charge is 2.02. The van der Waals surface area contributed by atoms with Crippen LogP contribution in [0.5, 0.6) is 11.5 Å². The van der Waals surface area contributed by atoms with Gasteiger partial charge < -0.3 is 9.84 Å². The number of rotatable bonds is 3. The molecule has 3 heteroatoms. The smallest absolute Gasteiger partial charge is 0.162 e. The molecule has 70 valence electrons. The van der Waals surface area contributed by atoms with Crippen LogP contribution in [-0.2, 0) is 0 Å². The molecule has 0 saturated heterocycles. The van der Waals surface area contributed by atoms with Crippen LogP contribution in [0.3, 0.4) is 0 Å². The molecule has 0 aromatic heterocycles. The second-order valence-corrected chi connectivity index (χ2v) is 3.77. The fourth-order valence-electron chi connectivity index (χ4n) is 0.805. The van der Waals surface area contributed by atoms with Crippen LogP contribution in [0.2, 0.25) is 0 Å². The van der Waals surface area contributed by atoms with E-state index in [1.165, 1.54) is 0 Å². The van der Waals surface area contributed by atoms with Crippen molar-refractivity contribution in [3.63, 3.8) is 0 Å². The van der Waals surface area contributed by atoms with Gasteiger partial charge in [-0.15, -0.1) is 0 Å². The van der Waals surface area contributed by atoms with Gasteiger partial charge in [-0.3, -0.25) is 0 Å². The number of halogens is 1. The zero-order valence-electron chi connectivity index (χ0n) is 7.38. The van der Waals surface area contributed by atoms with E-state index in [0.29, 0.717) is 12.4 Å². The van der Waals surface area contributed by atoms with Crippen LogP contribution in [-0.4, -0.2) is 11.7 Å². The van der Waals surface area contributed by atoms with Crippen molar-refractivity contribution in [2.75, 3.05) is 6.61 Å². The van der Waals surface area contributed by atoms with Crippen molar-refractivity contribution in [3.8, 4) is 11.5 Å². The van der Waals surface area contributed by atoms with Gasteiger partial charge in [-0.05, 0) is 30.7 Å². The standard InChI is InChI=1S/C10H11BrO2/c1-7(2)6-13-10-5-8(11)3-4-9(10)12/h3-5,12H,1,6H2,2H3. The second-order valence-electron chi connectivity index (χ2n) is 2.86. The summed E-state index contributed by atoms with van der Waals surface area (Å²) in [4.78, 5) is 0. The van der Waals surface area contributed by atoms with Gasteiger partial charge in [0.1, 0.15) is 6.61 Å². The molecule has 1 aromatic rings. The Morgan fingerprint density at radius 2 is 2.31 bits per heavy atom. The monoisotopic (exact) mass is 242 g/mol. The molecule has 1 aromatic carbocycles. The molecule has 0 aliphatic rings. The normalized spacial score (nSPS) is 9.69. The van der Waals surface area contributed by atoms with E-state index in [2.05, 4.69) is 22.5 Å². The highest BCUT2D eigenvalue weighted by molar-refractivity contribution is 9.10. The Morgan fingerprint density at radius 3 is 2.92 bits per heavy atom. The number of hydrogen-bond donors (Lipinski definition) is 1. The Morgan fingerprint density at radius 1 is 1.62 bits per heavy atom. The summed E-state index contributed by atoms with van der Waals surface area (Å²) in [6.07, 6.45) is 0. The molecule has 13 heavy (non-hydrogen) atoms. The van der Waals surface area contributed by atoms with Gasteiger partial charge >= 0.3 is 0 Å². The fourth-order valence-corrected chi connectivity index (χ4v) is 1.14. The van der Waals surface area contributed by atoms with Crippen molar-refractivity contribution in [3.05, 3.63) is 34.8 Å². The molecule has 0 aliphatic heterocycles. The molecule has 0 unspecified atom stereocenters. The van der Waals surface area contributed by atoms with Crippen LogP contribution in [0, 0.1) is 0 Å². The van der Waals surface area contributed by atoms with Gasteiger partial charge in [0.05, 0.1) is 0 Å². The first-order chi connectivity index (χ1) is 6.09. The zero-order chi connectivity index (χ0) is 9.84. The molecular formula is C10H11BrO2. The summed E-state index contributed by atoms with van der Waals surface area (Å²) in [5.74, 6) is 0.613. The van der Waals surface area contributed by atoms with E-state index < -0.39 is 0 Å². The first kappa shape index (κ1) is 10.1. The van der Waals surface area contributed by atoms with E-state index >= 15 is 0 Å². The average molecular weight is 243 g/mol. The van der Waals surface area contributed by atoms with Crippen LogP contribution in [0.15, 0.2) is 34.8 Å². The van der Waals surface area contributed by atoms with Gasteiger partial charge in [-0.1, -0.05) is 22.5 Å². The molecule has 0 bridgehead atoms. The predicted molar refractivity (Wildman–Crippen MR) is 56.1 cm³/mol. The lowest BCUT2D eigenvalue weighted by Gasteiger charge is -2.07. The number of ether oxygens (including phenoxy) is 1. The summed E-state index contributed by atoms with van der Waals surface area (Å²) in [5.41, 5.74) is 0.916. The lowest BCUT2D eigenvalue weighted by atomic mass is 10.3. The van der Waals surface area contributed by atoms with Crippen molar-refractivity contribution in [2.24, 2.45) is 0 Å². The maximum absolute atomic E-state index is 9.37. The molecule has 0 radical (unpaired) electrons. The maximum Gasteiger partial charge on any atom is 0.162 e. The second kappa shape index (κ2) is 4.33. The summed E-state index contributed by atoms with van der Waals surface area (Å²) < 4.78 is 6.18. The number of benzene rings is 1. The van der Waals surface area contributed by atoms with E-state index in [4.69, 9.17) is 4.74 Å². The minimum atomic E-state index is 0.143. The van der Waals surface area contributed by atoms with E-state index in [1.807, 2.05) is 6.92 Å². The molecule has 0 fully saturated rings. The maximum atomic E-state index is 9.37. The molecular weight excluding hydrogens is 232 g/mol. The number of hydrogen-bond acceptors (Lipinski definition) is 2. The van der Waals surface area contributed by atoms with Crippen molar-refractivity contribution < 1.29 is 9.84 Å². The minimum absolute atomic E-state index is 0.143. The van der Waals surface area contributed by atoms with E-state index in [9.17, 15) is 5.11 Å². The van der Waals surface area contributed by atoms with Gasteiger partial charge in [-0.25, -0.2) is 0 Å². The molecule has 0 amide bonds. The van der Waals surface area contributed by atoms with Crippen molar-refractivity contribution >= 4 is 15.9 Å². The van der Waals surface area contributed by atoms with Crippen LogP contribution >= 0.6 is 15.9 Å². The molecule has 0 atom stereocenters. The fraction of sp³-hybridized carbons (Fsp3) is 0.200. The molecule has 0 spiro atoms. The molecule has 0 aliphatic carbocycles. The highest BCUT2D eigenvalue weighted by Crippen LogP contribution is 2.29. The minimum Gasteiger partial charge on any atom is -0.504 e. The van der Waals surface area contributed by atoms with E-state index in [-0.39, 0.29) is 5.75 Å². The van der Waals surface area contributed by atoms with Crippen LogP contribution in [0.4, 0.5) is 0 Å². The number of phenols is 1. The Labute approximate surface area is 86.0 Å². The Hall–Kier alpha value is -0.960. The molecule has 0 heterocycles. The molecule has 1 N–H and O–H groups in total. The Bertz CT molecular complexity index is 321. The largest absolute Gasteiger partial charge is 0.504 e. The lowest BCUT2D eigenvalue weighted by molar-refractivity contribution is 0.328. The van der Waals surface area contributed by atoms with E-state index in [1.54, 1.807) is 18.2 Å². The van der Waals surface area contributed by atoms with Crippen LogP contribution in [0.1, 0.15) is 6.92 Å². The predicted octanol–water partition coefficient (Wildman–Crippen LogP) is 3.11. The van der Waals surface area contributed by atoms with Gasteiger partial charge in [0.2, 0.25) is 0 Å². The highest BCUT2D eigenvalue weighted by atomic mass is 79.9. The number of aromatic hydroxyl groups is 1. The number of phenolic OH excluding ortho intramolecular Hbond substituents is 1. The lowest BCUT2D eigenvalue weighted by Crippen LogP contribution is -1.97. The van der Waals surface area contributed by atoms with Gasteiger partial charge in [0.25, 0.3) is 0 Å². The summed E-state index contributed by atoms with van der Waals surface area (Å²) >= 11 is 3.29. The van der Waals surface area contributed by atoms with Crippen molar-refractivity contribution in [1.82, 2.24) is 0 Å². The topological polar surface area (TPSA) is 29.5 Å². The molecule has 2 nitrogen and oxygen atoms in total. The third kappa shape index (κ3) is 3.11. The first-order valence-electron chi connectivity index (χ1n) is 3.85. The first-order valence-corrected chi connectivity index (χ1v) is 4.64. The summed E-state index contributed by atoms with van der Waals surface area (Å²) in [6, 6.07) is 5.05. The Balaban J connectivity index is 2.75. The molecule has 1 rings (SSSR count). The van der Waals surface area contributed by atoms with Crippen molar-refractivity contribution in [2.45, 2.75) is 6.92 Å². The summed E-state index contributed by atoms with van der Waals surface area (Å²) in [7, 11) is 0. The van der Waals surface area contributed by atoms with Crippen LogP contribution < -0.4 is 4.74 Å². The summed E-state index contributed by atoms with van der Waals surface area (Å²) in [5, 5.41) is 9.37. The Kier molecular flexibility index (Phi) is 3.37. The average Bonchev–Trinajstić information content (AvgIpc) is 2.06.